The molecular weight excluding hydrogens is 406 g/mol. The average Bonchev–Trinajstić information content (AvgIpc) is 3.01. The van der Waals surface area contributed by atoms with Crippen LogP contribution in [0.3, 0.4) is 0 Å². The molecule has 3 rings (SSSR count). The van der Waals surface area contributed by atoms with Crippen LogP contribution in [0.4, 0.5) is 0 Å². The Labute approximate surface area is 185 Å². The molecule has 0 fully saturated rings. The minimum absolute atomic E-state index is 0.168. The van der Waals surface area contributed by atoms with Gasteiger partial charge in [-0.2, -0.15) is 0 Å². The molecule has 31 heavy (non-hydrogen) atoms. The highest BCUT2D eigenvalue weighted by Crippen LogP contribution is 2.42. The third-order valence-electron chi connectivity index (χ3n) is 6.58. The Morgan fingerprint density at radius 2 is 1.55 bits per heavy atom. The van der Waals surface area contributed by atoms with E-state index in [0.29, 0.717) is 34.5 Å². The van der Waals surface area contributed by atoms with Gasteiger partial charge in [0.1, 0.15) is 23.2 Å². The normalized spacial score (nSPS) is 12.5. The summed E-state index contributed by atoms with van der Waals surface area (Å²) in [6, 6.07) is 9.51. The van der Waals surface area contributed by atoms with Gasteiger partial charge < -0.3 is 9.63 Å². The van der Waals surface area contributed by atoms with Gasteiger partial charge in [0.05, 0.1) is 0 Å². The van der Waals surface area contributed by atoms with Crippen LogP contribution >= 0.6 is 0 Å². The number of aryl methyl sites for hydroxylation is 2. The molecule has 3 aromatic rings. The number of nitrogens with zero attached hydrogens (tertiary/aromatic N) is 3. The molecule has 0 atom stereocenters. The lowest BCUT2D eigenvalue weighted by Crippen LogP contribution is -2.50. The fraction of sp³-hybridized carbons (Fsp3) is 0.500. The molecule has 7 heteroatoms. The molecule has 0 amide bonds. The van der Waals surface area contributed by atoms with Crippen LogP contribution in [0.1, 0.15) is 54.0 Å². The molecule has 0 aliphatic rings. The number of rotatable bonds is 7. The van der Waals surface area contributed by atoms with E-state index < -0.39 is 8.32 Å². The van der Waals surface area contributed by atoms with E-state index in [2.05, 4.69) is 41.5 Å². The zero-order valence-corrected chi connectivity index (χ0v) is 21.0. The predicted molar refractivity (Wildman–Crippen MR) is 127 cm³/mol. The zero-order chi connectivity index (χ0) is 23.1. The number of hydrogen-bond acceptors (Lipinski definition) is 3. The van der Waals surface area contributed by atoms with Gasteiger partial charge in [-0.1, -0.05) is 41.5 Å². The van der Waals surface area contributed by atoms with Crippen molar-refractivity contribution in [3.63, 3.8) is 0 Å². The molecule has 168 valence electrons. The lowest BCUT2D eigenvalue weighted by molar-refractivity contribution is -0.886. The highest BCUT2D eigenvalue weighted by molar-refractivity contribution is 6.78. The van der Waals surface area contributed by atoms with E-state index >= 15 is 0 Å². The van der Waals surface area contributed by atoms with Crippen LogP contribution in [0.5, 0.6) is 5.75 Å². The number of hydrogen-bond donors (Lipinski definition) is 1. The molecule has 0 radical (unpaired) electrons. The average molecular weight is 443 g/mol. The molecule has 0 bridgehead atoms. The van der Waals surface area contributed by atoms with Gasteiger partial charge in [0.15, 0.2) is 0 Å². The summed E-state index contributed by atoms with van der Waals surface area (Å²) in [6.45, 7) is 18.0. The van der Waals surface area contributed by atoms with Crippen molar-refractivity contribution in [2.45, 2.75) is 78.6 Å². The second-order valence-corrected chi connectivity index (χ2v) is 14.7. The van der Waals surface area contributed by atoms with Gasteiger partial charge in [-0.25, -0.2) is 4.79 Å². The van der Waals surface area contributed by atoms with Crippen molar-refractivity contribution in [3.05, 3.63) is 52.6 Å². The van der Waals surface area contributed by atoms with Gasteiger partial charge in [-0.3, -0.25) is 4.57 Å². The quantitative estimate of drug-likeness (QED) is 0.311. The van der Waals surface area contributed by atoms with E-state index in [4.69, 9.17) is 4.43 Å². The van der Waals surface area contributed by atoms with Crippen LogP contribution in [0.2, 0.25) is 16.6 Å². The Balaban J connectivity index is 2.11. The highest BCUT2D eigenvalue weighted by Gasteiger charge is 2.47. The number of fused-ring (bicyclic) bond motifs is 1. The summed E-state index contributed by atoms with van der Waals surface area (Å²) in [5, 5.41) is 10.5. The van der Waals surface area contributed by atoms with E-state index in [1.54, 1.807) is 15.3 Å². The largest absolute Gasteiger partial charge is 0.543 e. The maximum Gasteiger partial charge on any atom is 0.421 e. The number of aromatic nitrogens is 3. The summed E-state index contributed by atoms with van der Waals surface area (Å²) in [4.78, 5) is 13.2. The topological polar surface area (TPSA) is 60.3 Å². The summed E-state index contributed by atoms with van der Waals surface area (Å²) in [7, 11) is -2.05. The molecular formula is C24H36N3O3Si+. The molecule has 0 saturated carbocycles. The molecule has 2 heterocycles. The molecule has 0 spiro atoms. The number of pyridine rings is 1. The smallest absolute Gasteiger partial charge is 0.421 e. The first kappa shape index (κ1) is 23.1. The molecule has 0 aliphatic carbocycles. The van der Waals surface area contributed by atoms with Gasteiger partial charge in [0.2, 0.25) is 0 Å². The van der Waals surface area contributed by atoms with Gasteiger partial charge in [-0.15, -0.1) is 4.57 Å². The summed E-state index contributed by atoms with van der Waals surface area (Å²) in [5.74, 6) is 0.840. The lowest BCUT2D eigenvalue weighted by atomic mass is 10.2. The van der Waals surface area contributed by atoms with Gasteiger partial charge in [-0.05, 0) is 71.1 Å². The van der Waals surface area contributed by atoms with Gasteiger partial charge in [0, 0.05) is 6.54 Å². The van der Waals surface area contributed by atoms with Crippen molar-refractivity contribution in [2.24, 2.45) is 0 Å². The van der Waals surface area contributed by atoms with E-state index in [1.165, 1.54) is 0 Å². The summed E-state index contributed by atoms with van der Waals surface area (Å²) in [6.07, 6.45) is 1.57. The van der Waals surface area contributed by atoms with Crippen molar-refractivity contribution in [3.8, 4) is 11.4 Å². The van der Waals surface area contributed by atoms with Crippen molar-refractivity contribution in [1.82, 2.24) is 9.13 Å². The Morgan fingerprint density at radius 3 is 2.03 bits per heavy atom. The van der Waals surface area contributed by atoms with Crippen molar-refractivity contribution in [1.29, 1.82) is 0 Å². The van der Waals surface area contributed by atoms with E-state index in [1.807, 2.05) is 44.2 Å². The first-order chi connectivity index (χ1) is 14.6. The minimum atomic E-state index is -2.05. The second-order valence-electron chi connectivity index (χ2n) is 9.29. The zero-order valence-electron chi connectivity index (χ0n) is 20.0. The Kier molecular flexibility index (Phi) is 6.37. The van der Waals surface area contributed by atoms with E-state index in [9.17, 15) is 10.0 Å². The molecule has 0 unspecified atom stereocenters. The predicted octanol–water partition coefficient (Wildman–Crippen LogP) is 5.20. The van der Waals surface area contributed by atoms with Crippen LogP contribution in [0.15, 0.2) is 41.3 Å². The van der Waals surface area contributed by atoms with Gasteiger partial charge >= 0.3 is 11.3 Å². The molecule has 1 aromatic carbocycles. The molecule has 6 nitrogen and oxygen atoms in total. The van der Waals surface area contributed by atoms with E-state index in [0.717, 1.165) is 21.6 Å². The summed E-state index contributed by atoms with van der Waals surface area (Å²) in [5.41, 5.74) is 4.13. The van der Waals surface area contributed by atoms with Crippen LogP contribution in [0.25, 0.3) is 16.9 Å². The summed E-state index contributed by atoms with van der Waals surface area (Å²) < 4.78 is 11.0. The fourth-order valence-corrected chi connectivity index (χ4v) is 10.5. The minimum Gasteiger partial charge on any atom is -0.543 e. The van der Waals surface area contributed by atoms with Crippen molar-refractivity contribution >= 4 is 19.5 Å². The maximum absolute atomic E-state index is 13.2. The van der Waals surface area contributed by atoms with Crippen LogP contribution < -0.4 is 14.8 Å². The Morgan fingerprint density at radius 1 is 1.00 bits per heavy atom. The maximum atomic E-state index is 13.2. The van der Waals surface area contributed by atoms with Crippen LogP contribution in [-0.4, -0.2) is 22.7 Å². The monoisotopic (exact) mass is 442 g/mol. The molecule has 1 N–H and O–H groups in total. The summed E-state index contributed by atoms with van der Waals surface area (Å²) >= 11 is 0. The standard InChI is InChI=1S/C24H36N3O3Si/c1-9-25-22-19(8)14-15-26(29)23(22)27(24(25)28)20-10-12-21(13-11-20)30-31(16(2)3,17(4)5)18(6)7/h10-18,29H,9H2,1-8H3/q+1. The van der Waals surface area contributed by atoms with E-state index in [-0.39, 0.29) is 5.69 Å². The molecule has 2 aromatic heterocycles. The third kappa shape index (κ3) is 3.69. The van der Waals surface area contributed by atoms with Crippen molar-refractivity contribution < 1.29 is 14.4 Å². The highest BCUT2D eigenvalue weighted by atomic mass is 28.4. The van der Waals surface area contributed by atoms with Crippen molar-refractivity contribution in [2.75, 3.05) is 0 Å². The first-order valence-corrected chi connectivity index (χ1v) is 13.3. The Bertz CT molecular complexity index is 1110. The van der Waals surface area contributed by atoms with Crippen LogP contribution in [0, 0.1) is 6.92 Å². The Hall–Kier alpha value is -2.54. The van der Waals surface area contributed by atoms with Crippen LogP contribution in [-0.2, 0) is 6.54 Å². The van der Waals surface area contributed by atoms with Gasteiger partial charge in [0.25, 0.3) is 8.32 Å². The first-order valence-electron chi connectivity index (χ1n) is 11.2. The SMILES string of the molecule is CCn1c(=O)n(-c2ccc(O[Si](C(C)C)(C(C)C)C(C)C)cc2)c2c1c(C)cc[n+]2O. The third-order valence-corrected chi connectivity index (χ3v) is 12.6. The number of benzene rings is 1. The fourth-order valence-electron chi connectivity index (χ4n) is 5.21. The second kappa shape index (κ2) is 8.53. The number of imidazole rings is 1. The molecule has 0 saturated heterocycles. The molecule has 0 aliphatic heterocycles. The lowest BCUT2D eigenvalue weighted by Gasteiger charge is -2.42.